The van der Waals surface area contributed by atoms with E-state index >= 15 is 0 Å². The van der Waals surface area contributed by atoms with Crippen molar-refractivity contribution in [2.75, 3.05) is 19.6 Å². The minimum Gasteiger partial charge on any atom is -0.341 e. The van der Waals surface area contributed by atoms with E-state index in [1.165, 1.54) is 0 Å². The lowest BCUT2D eigenvalue weighted by Gasteiger charge is -2.32. The second kappa shape index (κ2) is 5.89. The van der Waals surface area contributed by atoms with Gasteiger partial charge in [0.05, 0.1) is 0 Å². The van der Waals surface area contributed by atoms with Crippen LogP contribution in [0.5, 0.6) is 0 Å². The lowest BCUT2D eigenvalue weighted by Crippen LogP contribution is -2.49. The predicted molar refractivity (Wildman–Crippen MR) is 81.0 cm³/mol. The molecule has 4 amide bonds. The number of hydrogen-bond donors (Lipinski definition) is 1. The molecule has 0 unspecified atom stereocenters. The monoisotopic (exact) mass is 307 g/mol. The molecule has 0 aromatic heterocycles. The molecular weight excluding hydrogens is 282 g/mol. The van der Waals surface area contributed by atoms with E-state index in [0.29, 0.717) is 18.8 Å². The number of imide groups is 1. The highest BCUT2D eigenvalue weighted by Crippen LogP contribution is 2.33. The average molecular weight is 307 g/mol. The van der Waals surface area contributed by atoms with E-state index in [-0.39, 0.29) is 18.4 Å². The fourth-order valence-electron chi connectivity index (χ4n) is 3.81. The summed E-state index contributed by atoms with van der Waals surface area (Å²) in [6.07, 6.45) is 6.41. The van der Waals surface area contributed by atoms with Gasteiger partial charge in [-0.15, -0.1) is 0 Å². The lowest BCUT2D eigenvalue weighted by molar-refractivity contribution is -0.140. The zero-order chi connectivity index (χ0) is 15.7. The first-order chi connectivity index (χ1) is 10.5. The van der Waals surface area contributed by atoms with Crippen LogP contribution >= 0.6 is 0 Å². The summed E-state index contributed by atoms with van der Waals surface area (Å²) in [5.74, 6) is 0.338. The van der Waals surface area contributed by atoms with Crippen molar-refractivity contribution in [3.63, 3.8) is 0 Å². The molecule has 0 atom stereocenters. The van der Waals surface area contributed by atoms with Crippen molar-refractivity contribution in [1.82, 2.24) is 15.1 Å². The number of piperidine rings is 1. The van der Waals surface area contributed by atoms with Crippen molar-refractivity contribution in [3.05, 3.63) is 0 Å². The predicted octanol–water partition coefficient (Wildman–Crippen LogP) is 1.50. The highest BCUT2D eigenvalue weighted by molar-refractivity contribution is 6.09. The van der Waals surface area contributed by atoms with Crippen LogP contribution in [0.3, 0.4) is 0 Å². The molecule has 0 aromatic rings. The van der Waals surface area contributed by atoms with E-state index in [9.17, 15) is 14.4 Å². The first-order valence-corrected chi connectivity index (χ1v) is 8.44. The molecule has 1 N–H and O–H groups in total. The summed E-state index contributed by atoms with van der Waals surface area (Å²) in [7, 11) is 0. The van der Waals surface area contributed by atoms with Gasteiger partial charge in [0.1, 0.15) is 12.1 Å². The van der Waals surface area contributed by atoms with Crippen LogP contribution < -0.4 is 5.32 Å². The van der Waals surface area contributed by atoms with Crippen molar-refractivity contribution >= 4 is 17.8 Å². The van der Waals surface area contributed by atoms with E-state index in [1.54, 1.807) is 4.90 Å². The standard InChI is InChI=1S/C16H25N3O3/c1-12-5-9-18(10-6-12)13(20)11-19-14(21)16(17-15(19)22)7-3-2-4-8-16/h12H,2-11H2,1H3,(H,17,22). The Labute approximate surface area is 131 Å². The Hall–Kier alpha value is -1.59. The van der Waals surface area contributed by atoms with Gasteiger partial charge in [-0.2, -0.15) is 0 Å². The second-order valence-corrected chi connectivity index (χ2v) is 7.03. The molecule has 1 spiro atoms. The van der Waals surface area contributed by atoms with E-state index in [1.807, 2.05) is 0 Å². The fourth-order valence-corrected chi connectivity index (χ4v) is 3.81. The summed E-state index contributed by atoms with van der Waals surface area (Å²) in [5.41, 5.74) is -0.730. The smallest absolute Gasteiger partial charge is 0.325 e. The van der Waals surface area contributed by atoms with Gasteiger partial charge < -0.3 is 10.2 Å². The van der Waals surface area contributed by atoms with Gasteiger partial charge in [0.2, 0.25) is 5.91 Å². The molecule has 6 heteroatoms. The molecule has 1 saturated carbocycles. The molecule has 0 radical (unpaired) electrons. The molecule has 122 valence electrons. The third kappa shape index (κ3) is 2.71. The number of likely N-dealkylation sites (tertiary alicyclic amines) is 1. The van der Waals surface area contributed by atoms with Crippen molar-refractivity contribution in [2.24, 2.45) is 5.92 Å². The van der Waals surface area contributed by atoms with Crippen LogP contribution in [0.15, 0.2) is 0 Å². The SMILES string of the molecule is CC1CCN(C(=O)CN2C(=O)NC3(CCCCC3)C2=O)CC1. The molecule has 2 aliphatic heterocycles. The number of carbonyl (C=O) groups is 3. The summed E-state index contributed by atoms with van der Waals surface area (Å²) >= 11 is 0. The number of urea groups is 1. The van der Waals surface area contributed by atoms with Crippen LogP contribution in [0.1, 0.15) is 51.9 Å². The number of amides is 4. The Morgan fingerprint density at radius 3 is 2.45 bits per heavy atom. The van der Waals surface area contributed by atoms with Gasteiger partial charge in [-0.05, 0) is 31.6 Å². The van der Waals surface area contributed by atoms with Gasteiger partial charge in [0.25, 0.3) is 5.91 Å². The van der Waals surface area contributed by atoms with Crippen molar-refractivity contribution in [1.29, 1.82) is 0 Å². The van der Waals surface area contributed by atoms with E-state index in [0.717, 1.165) is 50.1 Å². The molecule has 3 fully saturated rings. The summed E-state index contributed by atoms with van der Waals surface area (Å²) in [6, 6.07) is -0.398. The van der Waals surface area contributed by atoms with Crippen LogP contribution in [0.4, 0.5) is 4.79 Å². The van der Waals surface area contributed by atoms with Gasteiger partial charge in [-0.1, -0.05) is 26.2 Å². The number of carbonyl (C=O) groups excluding carboxylic acids is 3. The lowest BCUT2D eigenvalue weighted by atomic mass is 9.82. The normalized spacial score (nSPS) is 25.7. The third-order valence-electron chi connectivity index (χ3n) is 5.38. The topological polar surface area (TPSA) is 69.7 Å². The Kier molecular flexibility index (Phi) is 4.10. The molecule has 2 heterocycles. The molecule has 3 aliphatic rings. The van der Waals surface area contributed by atoms with Crippen molar-refractivity contribution in [3.8, 4) is 0 Å². The first-order valence-electron chi connectivity index (χ1n) is 8.44. The number of nitrogens with zero attached hydrogens (tertiary/aromatic N) is 2. The van der Waals surface area contributed by atoms with Gasteiger partial charge in [0.15, 0.2) is 0 Å². The van der Waals surface area contributed by atoms with E-state index in [2.05, 4.69) is 12.2 Å². The Morgan fingerprint density at radius 1 is 1.18 bits per heavy atom. The van der Waals surface area contributed by atoms with Gasteiger partial charge >= 0.3 is 6.03 Å². The quantitative estimate of drug-likeness (QED) is 0.786. The highest BCUT2D eigenvalue weighted by Gasteiger charge is 2.51. The maximum absolute atomic E-state index is 12.6. The Bertz CT molecular complexity index is 477. The van der Waals surface area contributed by atoms with E-state index in [4.69, 9.17) is 0 Å². The Morgan fingerprint density at radius 2 is 1.82 bits per heavy atom. The molecule has 2 saturated heterocycles. The first kappa shape index (κ1) is 15.3. The zero-order valence-corrected chi connectivity index (χ0v) is 13.3. The van der Waals surface area contributed by atoms with Gasteiger partial charge in [-0.3, -0.25) is 14.5 Å². The maximum Gasteiger partial charge on any atom is 0.325 e. The third-order valence-corrected chi connectivity index (χ3v) is 5.38. The molecule has 0 bridgehead atoms. The summed E-state index contributed by atoms with van der Waals surface area (Å²) < 4.78 is 0. The number of hydrogen-bond acceptors (Lipinski definition) is 3. The molecule has 22 heavy (non-hydrogen) atoms. The van der Waals surface area contributed by atoms with Gasteiger partial charge in [-0.25, -0.2) is 4.79 Å². The summed E-state index contributed by atoms with van der Waals surface area (Å²) in [4.78, 5) is 40.1. The molecule has 6 nitrogen and oxygen atoms in total. The average Bonchev–Trinajstić information content (AvgIpc) is 2.73. The molecule has 1 aliphatic carbocycles. The second-order valence-electron chi connectivity index (χ2n) is 7.03. The minimum absolute atomic E-state index is 0.108. The Balaban J connectivity index is 1.63. The van der Waals surface area contributed by atoms with Crippen LogP contribution in [-0.2, 0) is 9.59 Å². The molecular formula is C16H25N3O3. The van der Waals surface area contributed by atoms with Crippen LogP contribution in [0, 0.1) is 5.92 Å². The zero-order valence-electron chi connectivity index (χ0n) is 13.3. The maximum atomic E-state index is 12.6. The van der Waals surface area contributed by atoms with Crippen LogP contribution in [0.2, 0.25) is 0 Å². The van der Waals surface area contributed by atoms with E-state index < -0.39 is 11.6 Å². The number of nitrogens with one attached hydrogen (secondary N) is 1. The van der Waals surface area contributed by atoms with Crippen LogP contribution in [0.25, 0.3) is 0 Å². The molecule has 3 rings (SSSR count). The summed E-state index contributed by atoms with van der Waals surface area (Å²) in [6.45, 7) is 3.54. The van der Waals surface area contributed by atoms with Crippen LogP contribution in [-0.4, -0.2) is 52.8 Å². The van der Waals surface area contributed by atoms with Crippen molar-refractivity contribution < 1.29 is 14.4 Å². The van der Waals surface area contributed by atoms with Crippen molar-refractivity contribution in [2.45, 2.75) is 57.4 Å². The molecule has 0 aromatic carbocycles. The number of rotatable bonds is 2. The van der Waals surface area contributed by atoms with Gasteiger partial charge in [0, 0.05) is 13.1 Å². The summed E-state index contributed by atoms with van der Waals surface area (Å²) in [5, 5.41) is 2.85. The largest absolute Gasteiger partial charge is 0.341 e. The highest BCUT2D eigenvalue weighted by atomic mass is 16.2. The minimum atomic E-state index is -0.730. The fraction of sp³-hybridized carbons (Fsp3) is 0.812.